The van der Waals surface area contributed by atoms with E-state index < -0.39 is 10.0 Å². The number of nitrogens with one attached hydrogen (secondary N) is 1. The molecule has 1 aromatic rings. The summed E-state index contributed by atoms with van der Waals surface area (Å²) < 4.78 is 37.1. The Morgan fingerprint density at radius 2 is 1.96 bits per heavy atom. The third kappa shape index (κ3) is 4.88. The molecule has 0 spiro atoms. The SMILES string of the molecule is CC[C@@H]1CCCCN1S(=O)(=O)CCNC(=O)c1ccc(OC)c(OC)c1. The zero-order chi connectivity index (χ0) is 19.2. The van der Waals surface area contributed by atoms with Gasteiger partial charge in [0.2, 0.25) is 10.0 Å². The second kappa shape index (κ2) is 9.23. The minimum atomic E-state index is -3.37. The van der Waals surface area contributed by atoms with E-state index in [1.807, 2.05) is 6.92 Å². The van der Waals surface area contributed by atoms with Crippen molar-refractivity contribution in [3.05, 3.63) is 23.8 Å². The van der Waals surface area contributed by atoms with Crippen LogP contribution in [-0.2, 0) is 10.0 Å². The largest absolute Gasteiger partial charge is 0.493 e. The van der Waals surface area contributed by atoms with Crippen LogP contribution in [0.4, 0.5) is 0 Å². The summed E-state index contributed by atoms with van der Waals surface area (Å²) >= 11 is 0. The standard InChI is InChI=1S/C18H28N2O5S/c1-4-15-7-5-6-11-20(15)26(22,23)12-10-19-18(21)14-8-9-16(24-2)17(13-14)25-3/h8-9,13,15H,4-7,10-12H2,1-3H3,(H,19,21)/t15-/m1/s1. The third-order valence-electron chi connectivity index (χ3n) is 4.69. The van der Waals surface area contributed by atoms with Crippen molar-refractivity contribution in [3.8, 4) is 11.5 Å². The highest BCUT2D eigenvalue weighted by Crippen LogP contribution is 2.27. The van der Waals surface area contributed by atoms with Crippen molar-refractivity contribution in [2.45, 2.75) is 38.6 Å². The van der Waals surface area contributed by atoms with E-state index in [0.717, 1.165) is 25.7 Å². The van der Waals surface area contributed by atoms with Crippen molar-refractivity contribution < 1.29 is 22.7 Å². The Balaban J connectivity index is 1.95. The van der Waals surface area contributed by atoms with Gasteiger partial charge in [-0.3, -0.25) is 4.79 Å². The van der Waals surface area contributed by atoms with Crippen LogP contribution in [-0.4, -0.2) is 57.7 Å². The molecule has 146 valence electrons. The van der Waals surface area contributed by atoms with Crippen molar-refractivity contribution >= 4 is 15.9 Å². The lowest BCUT2D eigenvalue weighted by molar-refractivity contribution is 0.0955. The second-order valence-electron chi connectivity index (χ2n) is 6.31. The fourth-order valence-corrected chi connectivity index (χ4v) is 4.95. The maximum Gasteiger partial charge on any atom is 0.251 e. The predicted molar refractivity (Wildman–Crippen MR) is 100 cm³/mol. The van der Waals surface area contributed by atoms with Crippen LogP contribution in [0.3, 0.4) is 0 Å². The molecule has 0 bridgehead atoms. The van der Waals surface area contributed by atoms with E-state index in [9.17, 15) is 13.2 Å². The maximum absolute atomic E-state index is 12.6. The summed E-state index contributed by atoms with van der Waals surface area (Å²) in [6.45, 7) is 2.66. The van der Waals surface area contributed by atoms with Crippen LogP contribution >= 0.6 is 0 Å². The van der Waals surface area contributed by atoms with Crippen LogP contribution in [0.1, 0.15) is 43.0 Å². The van der Waals surface area contributed by atoms with Crippen molar-refractivity contribution in [2.24, 2.45) is 0 Å². The lowest BCUT2D eigenvalue weighted by atomic mass is 10.0. The molecular weight excluding hydrogens is 356 g/mol. The van der Waals surface area contributed by atoms with Gasteiger partial charge in [-0.25, -0.2) is 8.42 Å². The lowest BCUT2D eigenvalue weighted by Crippen LogP contribution is -2.46. The average molecular weight is 384 g/mol. The van der Waals surface area contributed by atoms with Crippen molar-refractivity contribution in [1.29, 1.82) is 0 Å². The fourth-order valence-electron chi connectivity index (χ4n) is 3.24. The maximum atomic E-state index is 12.6. The summed E-state index contributed by atoms with van der Waals surface area (Å²) in [5.41, 5.74) is 0.393. The van der Waals surface area contributed by atoms with Gasteiger partial charge in [0.15, 0.2) is 11.5 Å². The molecule has 1 aliphatic rings. The number of carbonyl (C=O) groups excluding carboxylic acids is 1. The summed E-state index contributed by atoms with van der Waals surface area (Å²) in [6.07, 6.45) is 3.69. The molecule has 1 heterocycles. The highest BCUT2D eigenvalue weighted by Gasteiger charge is 2.30. The number of nitrogens with zero attached hydrogens (tertiary/aromatic N) is 1. The molecule has 2 rings (SSSR count). The molecule has 1 atom stereocenters. The molecule has 0 aromatic heterocycles. The van der Waals surface area contributed by atoms with Gasteiger partial charge in [-0.15, -0.1) is 0 Å². The lowest BCUT2D eigenvalue weighted by Gasteiger charge is -2.34. The molecular formula is C18H28N2O5S. The molecule has 8 heteroatoms. The van der Waals surface area contributed by atoms with Gasteiger partial charge >= 0.3 is 0 Å². The Hall–Kier alpha value is -1.80. The number of methoxy groups -OCH3 is 2. The van der Waals surface area contributed by atoms with Gasteiger partial charge in [0.05, 0.1) is 20.0 Å². The van der Waals surface area contributed by atoms with E-state index in [1.165, 1.54) is 14.2 Å². The van der Waals surface area contributed by atoms with Gasteiger partial charge in [-0.1, -0.05) is 13.3 Å². The highest BCUT2D eigenvalue weighted by molar-refractivity contribution is 7.89. The van der Waals surface area contributed by atoms with E-state index in [2.05, 4.69) is 5.32 Å². The molecule has 0 aliphatic carbocycles. The van der Waals surface area contributed by atoms with Gasteiger partial charge in [-0.2, -0.15) is 4.31 Å². The van der Waals surface area contributed by atoms with E-state index in [0.29, 0.717) is 23.6 Å². The van der Waals surface area contributed by atoms with Crippen molar-refractivity contribution in [2.75, 3.05) is 33.1 Å². The molecule has 7 nitrogen and oxygen atoms in total. The monoisotopic (exact) mass is 384 g/mol. The smallest absolute Gasteiger partial charge is 0.251 e. The molecule has 1 aromatic carbocycles. The molecule has 1 saturated heterocycles. The number of benzene rings is 1. The zero-order valence-electron chi connectivity index (χ0n) is 15.7. The molecule has 0 saturated carbocycles. The molecule has 0 unspecified atom stereocenters. The van der Waals surface area contributed by atoms with E-state index in [1.54, 1.807) is 22.5 Å². The molecule has 26 heavy (non-hydrogen) atoms. The normalized spacial score (nSPS) is 18.3. The molecule has 1 N–H and O–H groups in total. The van der Waals surface area contributed by atoms with Gasteiger partial charge in [-0.05, 0) is 37.5 Å². The summed E-state index contributed by atoms with van der Waals surface area (Å²) in [7, 11) is -0.357. The average Bonchev–Trinajstić information content (AvgIpc) is 2.67. The molecule has 1 fully saturated rings. The third-order valence-corrected chi connectivity index (χ3v) is 6.61. The van der Waals surface area contributed by atoms with Crippen LogP contribution in [0.15, 0.2) is 18.2 Å². The number of carbonyl (C=O) groups is 1. The number of sulfonamides is 1. The molecule has 1 aliphatic heterocycles. The Labute approximate surface area is 155 Å². The van der Waals surface area contributed by atoms with Crippen molar-refractivity contribution in [1.82, 2.24) is 9.62 Å². The number of hydrogen-bond acceptors (Lipinski definition) is 5. The zero-order valence-corrected chi connectivity index (χ0v) is 16.5. The van der Waals surface area contributed by atoms with Gasteiger partial charge in [0.25, 0.3) is 5.91 Å². The van der Waals surface area contributed by atoms with Gasteiger partial charge < -0.3 is 14.8 Å². The highest BCUT2D eigenvalue weighted by atomic mass is 32.2. The number of rotatable bonds is 8. The van der Waals surface area contributed by atoms with Crippen LogP contribution in [0, 0.1) is 0 Å². The summed E-state index contributed by atoms with van der Waals surface area (Å²) in [5, 5.41) is 2.67. The fraction of sp³-hybridized carbons (Fsp3) is 0.611. The van der Waals surface area contributed by atoms with E-state index >= 15 is 0 Å². The van der Waals surface area contributed by atoms with Crippen LogP contribution < -0.4 is 14.8 Å². The summed E-state index contributed by atoms with van der Waals surface area (Å²) in [5.74, 6) is 0.545. The van der Waals surface area contributed by atoms with E-state index in [-0.39, 0.29) is 24.2 Å². The van der Waals surface area contributed by atoms with Crippen molar-refractivity contribution in [3.63, 3.8) is 0 Å². The number of ether oxygens (including phenoxy) is 2. The Morgan fingerprint density at radius 3 is 2.62 bits per heavy atom. The minimum Gasteiger partial charge on any atom is -0.493 e. The first-order valence-corrected chi connectivity index (χ1v) is 10.5. The first-order valence-electron chi connectivity index (χ1n) is 8.92. The number of piperidine rings is 1. The topological polar surface area (TPSA) is 84.9 Å². The minimum absolute atomic E-state index is 0.0719. The number of hydrogen-bond donors (Lipinski definition) is 1. The van der Waals surface area contributed by atoms with Crippen LogP contribution in [0.5, 0.6) is 11.5 Å². The quantitative estimate of drug-likeness (QED) is 0.741. The summed E-state index contributed by atoms with van der Waals surface area (Å²) in [4.78, 5) is 12.3. The van der Waals surface area contributed by atoms with Gasteiger partial charge in [0, 0.05) is 24.7 Å². The number of amides is 1. The summed E-state index contributed by atoms with van der Waals surface area (Å²) in [6, 6.07) is 4.91. The van der Waals surface area contributed by atoms with Crippen LogP contribution in [0.25, 0.3) is 0 Å². The first-order chi connectivity index (χ1) is 12.4. The second-order valence-corrected chi connectivity index (χ2v) is 8.35. The first kappa shape index (κ1) is 20.5. The Bertz CT molecular complexity index is 720. The Kier molecular flexibility index (Phi) is 7.28. The van der Waals surface area contributed by atoms with Gasteiger partial charge in [0.1, 0.15) is 0 Å². The molecule has 1 amide bonds. The van der Waals surface area contributed by atoms with E-state index in [4.69, 9.17) is 9.47 Å². The molecule has 0 radical (unpaired) electrons. The van der Waals surface area contributed by atoms with Crippen LogP contribution in [0.2, 0.25) is 0 Å². The Morgan fingerprint density at radius 1 is 1.23 bits per heavy atom. The predicted octanol–water partition coefficient (Wildman–Crippen LogP) is 2.03.